The summed E-state index contributed by atoms with van der Waals surface area (Å²) >= 11 is 0. The molecule has 0 aliphatic carbocycles. The van der Waals surface area contributed by atoms with Gasteiger partial charge in [-0.2, -0.15) is 0 Å². The van der Waals surface area contributed by atoms with Crippen molar-refractivity contribution in [3.8, 4) is 0 Å². The Balaban J connectivity index is 2.37. The molecule has 5 nitrogen and oxygen atoms in total. The number of nitrogens with one attached hydrogen (secondary N) is 1. The minimum absolute atomic E-state index is 0.0805. The monoisotopic (exact) mass is 228 g/mol. The molecular formula is C11H20N2O3. The first-order valence-corrected chi connectivity index (χ1v) is 5.83. The Labute approximate surface area is 95.8 Å². The Hall–Kier alpha value is -1.10. The van der Waals surface area contributed by atoms with Crippen molar-refractivity contribution in [1.29, 1.82) is 0 Å². The number of carbonyl (C=O) groups excluding carboxylic acids is 1. The third-order valence-corrected chi connectivity index (χ3v) is 2.86. The van der Waals surface area contributed by atoms with Gasteiger partial charge in [0, 0.05) is 19.5 Å². The molecule has 1 fully saturated rings. The largest absolute Gasteiger partial charge is 0.481 e. The topological polar surface area (TPSA) is 69.6 Å². The van der Waals surface area contributed by atoms with Crippen molar-refractivity contribution in [2.75, 3.05) is 26.2 Å². The number of aliphatic carboxylic acids is 1. The Morgan fingerprint density at radius 1 is 1.50 bits per heavy atom. The summed E-state index contributed by atoms with van der Waals surface area (Å²) in [5.74, 6) is -0.570. The third kappa shape index (κ3) is 4.18. The van der Waals surface area contributed by atoms with Crippen LogP contribution in [0.15, 0.2) is 0 Å². The van der Waals surface area contributed by atoms with Crippen molar-refractivity contribution >= 4 is 11.9 Å². The number of likely N-dealkylation sites (N-methyl/N-ethyl adjacent to an activating group) is 1. The van der Waals surface area contributed by atoms with Gasteiger partial charge in [0.25, 0.3) is 0 Å². The van der Waals surface area contributed by atoms with E-state index in [2.05, 4.69) is 5.32 Å². The van der Waals surface area contributed by atoms with E-state index in [0.29, 0.717) is 13.1 Å². The fraction of sp³-hybridized carbons (Fsp3) is 0.818. The number of amides is 1. The van der Waals surface area contributed by atoms with E-state index < -0.39 is 5.97 Å². The highest BCUT2D eigenvalue weighted by atomic mass is 16.4. The first-order chi connectivity index (χ1) is 7.63. The van der Waals surface area contributed by atoms with Crippen molar-refractivity contribution < 1.29 is 14.7 Å². The Bertz CT molecular complexity index is 256. The summed E-state index contributed by atoms with van der Waals surface area (Å²) in [5, 5.41) is 11.7. The zero-order chi connectivity index (χ0) is 12.0. The first-order valence-electron chi connectivity index (χ1n) is 5.83. The number of nitrogens with zero attached hydrogens (tertiary/aromatic N) is 1. The second-order valence-corrected chi connectivity index (χ2v) is 4.23. The average Bonchev–Trinajstić information content (AvgIpc) is 2.25. The number of likely N-dealkylation sites (tertiary alicyclic amines) is 1. The summed E-state index contributed by atoms with van der Waals surface area (Å²) in [5.41, 5.74) is 0. The average molecular weight is 228 g/mol. The number of carboxylic acid groups (broad SMARTS) is 1. The van der Waals surface area contributed by atoms with Crippen LogP contribution in [0.1, 0.15) is 26.2 Å². The van der Waals surface area contributed by atoms with Crippen molar-refractivity contribution in [3.63, 3.8) is 0 Å². The summed E-state index contributed by atoms with van der Waals surface area (Å²) < 4.78 is 0. The summed E-state index contributed by atoms with van der Waals surface area (Å²) in [6.45, 7) is 4.45. The van der Waals surface area contributed by atoms with Gasteiger partial charge in [0.2, 0.25) is 5.91 Å². The second kappa shape index (κ2) is 6.48. The minimum Gasteiger partial charge on any atom is -0.481 e. The minimum atomic E-state index is -0.772. The van der Waals surface area contributed by atoms with Crippen molar-refractivity contribution in [3.05, 3.63) is 0 Å². The van der Waals surface area contributed by atoms with E-state index in [9.17, 15) is 9.59 Å². The molecule has 0 aromatic carbocycles. The van der Waals surface area contributed by atoms with Gasteiger partial charge in [-0.05, 0) is 25.3 Å². The van der Waals surface area contributed by atoms with Gasteiger partial charge in [0.1, 0.15) is 0 Å². The smallest absolute Gasteiger partial charge is 0.303 e. The molecule has 0 bridgehead atoms. The standard InChI is InChI=1S/C11H20N2O3/c1-2-12-7-10(14)13-5-3-4-9(8-13)6-11(15)16/h9,12H,2-8H2,1H3,(H,15,16). The highest BCUT2D eigenvalue weighted by Crippen LogP contribution is 2.19. The molecule has 1 saturated heterocycles. The van der Waals surface area contributed by atoms with Crippen LogP contribution >= 0.6 is 0 Å². The van der Waals surface area contributed by atoms with Gasteiger partial charge in [0.15, 0.2) is 0 Å². The summed E-state index contributed by atoms with van der Waals surface area (Å²) in [6.07, 6.45) is 2.00. The van der Waals surface area contributed by atoms with Crippen LogP contribution in [-0.2, 0) is 9.59 Å². The highest BCUT2D eigenvalue weighted by Gasteiger charge is 2.24. The molecule has 0 saturated carbocycles. The van der Waals surface area contributed by atoms with Crippen LogP contribution in [0.25, 0.3) is 0 Å². The Morgan fingerprint density at radius 3 is 2.88 bits per heavy atom. The Kier molecular flexibility index (Phi) is 5.25. The lowest BCUT2D eigenvalue weighted by Gasteiger charge is -2.32. The highest BCUT2D eigenvalue weighted by molar-refractivity contribution is 5.78. The molecule has 1 amide bonds. The molecule has 92 valence electrons. The molecule has 1 heterocycles. The number of hydrogen-bond donors (Lipinski definition) is 2. The van der Waals surface area contributed by atoms with E-state index in [1.807, 2.05) is 6.92 Å². The molecule has 16 heavy (non-hydrogen) atoms. The lowest BCUT2D eigenvalue weighted by Crippen LogP contribution is -2.44. The van der Waals surface area contributed by atoms with Crippen molar-refractivity contribution in [2.24, 2.45) is 5.92 Å². The van der Waals surface area contributed by atoms with E-state index in [1.54, 1.807) is 4.90 Å². The molecule has 0 radical (unpaired) electrons. The van der Waals surface area contributed by atoms with Crippen molar-refractivity contribution in [1.82, 2.24) is 10.2 Å². The predicted molar refractivity (Wildman–Crippen MR) is 60.1 cm³/mol. The predicted octanol–water partition coefficient (Wildman–Crippen LogP) is 0.309. The van der Waals surface area contributed by atoms with E-state index in [4.69, 9.17) is 5.11 Å². The maximum absolute atomic E-state index is 11.7. The quantitative estimate of drug-likeness (QED) is 0.710. The van der Waals surface area contributed by atoms with E-state index in [1.165, 1.54) is 0 Å². The van der Waals surface area contributed by atoms with Gasteiger partial charge in [-0.1, -0.05) is 6.92 Å². The molecule has 1 aliphatic rings. The van der Waals surface area contributed by atoms with Crippen LogP contribution < -0.4 is 5.32 Å². The molecule has 1 rings (SSSR count). The molecular weight excluding hydrogens is 208 g/mol. The lowest BCUT2D eigenvalue weighted by molar-refractivity contribution is -0.140. The second-order valence-electron chi connectivity index (χ2n) is 4.23. The molecule has 0 spiro atoms. The van der Waals surface area contributed by atoms with E-state index in [-0.39, 0.29) is 18.2 Å². The lowest BCUT2D eigenvalue weighted by atomic mass is 9.95. The molecule has 1 aliphatic heterocycles. The molecule has 2 N–H and O–H groups in total. The van der Waals surface area contributed by atoms with Gasteiger partial charge >= 0.3 is 5.97 Å². The number of rotatable bonds is 5. The fourth-order valence-electron chi connectivity index (χ4n) is 2.05. The molecule has 0 aromatic heterocycles. The SMILES string of the molecule is CCNCC(=O)N1CCCC(CC(=O)O)C1. The molecule has 5 heteroatoms. The molecule has 0 aromatic rings. The van der Waals surface area contributed by atoms with Crippen LogP contribution in [0.3, 0.4) is 0 Å². The van der Waals surface area contributed by atoms with Crippen LogP contribution in [-0.4, -0.2) is 48.1 Å². The van der Waals surface area contributed by atoms with Crippen molar-refractivity contribution in [2.45, 2.75) is 26.2 Å². The number of carboxylic acids is 1. The zero-order valence-electron chi connectivity index (χ0n) is 9.74. The zero-order valence-corrected chi connectivity index (χ0v) is 9.74. The molecule has 1 atom stereocenters. The van der Waals surface area contributed by atoms with Gasteiger partial charge in [-0.3, -0.25) is 9.59 Å². The third-order valence-electron chi connectivity index (χ3n) is 2.86. The maximum Gasteiger partial charge on any atom is 0.303 e. The summed E-state index contributed by atoms with van der Waals surface area (Å²) in [6, 6.07) is 0. The number of hydrogen-bond acceptors (Lipinski definition) is 3. The number of piperidine rings is 1. The van der Waals surface area contributed by atoms with Gasteiger partial charge in [-0.15, -0.1) is 0 Å². The van der Waals surface area contributed by atoms with Crippen LogP contribution in [0, 0.1) is 5.92 Å². The summed E-state index contributed by atoms with van der Waals surface area (Å²) in [4.78, 5) is 24.1. The maximum atomic E-state index is 11.7. The first kappa shape index (κ1) is 13.0. The Morgan fingerprint density at radius 2 is 2.25 bits per heavy atom. The van der Waals surface area contributed by atoms with Crippen LogP contribution in [0.5, 0.6) is 0 Å². The van der Waals surface area contributed by atoms with Crippen LogP contribution in [0.4, 0.5) is 0 Å². The van der Waals surface area contributed by atoms with Crippen LogP contribution in [0.2, 0.25) is 0 Å². The number of carbonyl (C=O) groups is 2. The van der Waals surface area contributed by atoms with Gasteiger partial charge in [0.05, 0.1) is 6.54 Å². The fourth-order valence-corrected chi connectivity index (χ4v) is 2.05. The van der Waals surface area contributed by atoms with E-state index >= 15 is 0 Å². The normalized spacial score (nSPS) is 20.8. The summed E-state index contributed by atoms with van der Waals surface area (Å²) in [7, 11) is 0. The van der Waals surface area contributed by atoms with E-state index in [0.717, 1.165) is 25.9 Å². The van der Waals surface area contributed by atoms with Gasteiger partial charge in [-0.25, -0.2) is 0 Å². The van der Waals surface area contributed by atoms with Gasteiger partial charge < -0.3 is 15.3 Å². The molecule has 1 unspecified atom stereocenters.